The van der Waals surface area contributed by atoms with Crippen molar-refractivity contribution in [3.63, 3.8) is 0 Å². The van der Waals surface area contributed by atoms with Crippen molar-refractivity contribution in [2.45, 2.75) is 31.7 Å². The molecule has 4 rings (SSSR count). The zero-order chi connectivity index (χ0) is 22.3. The number of ether oxygens (including phenoxy) is 1. The Morgan fingerprint density at radius 1 is 1.22 bits per heavy atom. The average molecular weight is 438 g/mol. The molecule has 168 valence electrons. The van der Waals surface area contributed by atoms with Crippen molar-refractivity contribution in [3.8, 4) is 17.1 Å². The number of hydrogen-bond acceptors (Lipinski definition) is 5. The maximum Gasteiger partial charge on any atom is 0.220 e. The van der Waals surface area contributed by atoms with E-state index >= 15 is 0 Å². The van der Waals surface area contributed by atoms with Crippen molar-refractivity contribution >= 4 is 5.91 Å². The predicted molar refractivity (Wildman–Crippen MR) is 120 cm³/mol. The van der Waals surface area contributed by atoms with Crippen molar-refractivity contribution < 1.29 is 18.3 Å². The quantitative estimate of drug-likeness (QED) is 0.538. The molecule has 2 aromatic carbocycles. The molecule has 1 amide bonds. The molecular weight excluding hydrogens is 409 g/mol. The number of likely N-dealkylation sites (tertiary alicyclic amines) is 1. The predicted octanol–water partition coefficient (Wildman–Crippen LogP) is 4.38. The lowest BCUT2D eigenvalue weighted by Gasteiger charge is -2.28. The number of amides is 1. The third-order valence-corrected chi connectivity index (χ3v) is 5.81. The van der Waals surface area contributed by atoms with E-state index in [0.717, 1.165) is 24.4 Å². The van der Waals surface area contributed by atoms with Crippen molar-refractivity contribution in [2.24, 2.45) is 0 Å². The molecule has 0 spiro atoms. The molecule has 6 nitrogen and oxygen atoms in total. The highest BCUT2D eigenvalue weighted by molar-refractivity contribution is 5.76. The normalized spacial score (nSPS) is 14.9. The maximum atomic E-state index is 13.9. The summed E-state index contributed by atoms with van der Waals surface area (Å²) in [5.74, 6) is 1.17. The Morgan fingerprint density at radius 2 is 2.03 bits per heavy atom. The van der Waals surface area contributed by atoms with E-state index in [1.54, 1.807) is 25.3 Å². The van der Waals surface area contributed by atoms with Crippen molar-refractivity contribution in [2.75, 3.05) is 26.7 Å². The van der Waals surface area contributed by atoms with Gasteiger partial charge in [0.25, 0.3) is 0 Å². The van der Waals surface area contributed by atoms with Crippen LogP contribution in [-0.4, -0.2) is 42.5 Å². The van der Waals surface area contributed by atoms with E-state index in [1.807, 2.05) is 18.2 Å². The zero-order valence-corrected chi connectivity index (χ0v) is 18.2. The van der Waals surface area contributed by atoms with E-state index in [4.69, 9.17) is 9.15 Å². The van der Waals surface area contributed by atoms with Crippen molar-refractivity contribution in [1.29, 1.82) is 0 Å². The van der Waals surface area contributed by atoms with E-state index < -0.39 is 0 Å². The van der Waals surface area contributed by atoms with Crippen molar-refractivity contribution in [3.05, 3.63) is 72.0 Å². The van der Waals surface area contributed by atoms with Crippen LogP contribution in [0, 0.1) is 5.82 Å². The Bertz CT molecular complexity index is 1050. The van der Waals surface area contributed by atoms with E-state index in [1.165, 1.54) is 25.1 Å². The van der Waals surface area contributed by atoms with Gasteiger partial charge >= 0.3 is 0 Å². The van der Waals surface area contributed by atoms with Gasteiger partial charge in [-0.15, -0.1) is 0 Å². The van der Waals surface area contributed by atoms with Crippen LogP contribution in [0.3, 0.4) is 0 Å². The standard InChI is InChI=1S/C25H28FN3O3/c1-31-19-8-6-7-18(15-19)22(29-13-4-5-14-29)16-27-24(30)11-12-25-28-17-23(32-25)20-9-2-3-10-21(20)26/h2-3,6-10,15,17,22H,4-5,11-14,16H2,1H3,(H,27,30). The number of benzene rings is 2. The molecule has 2 heterocycles. The molecule has 1 fully saturated rings. The number of nitrogens with zero attached hydrogens (tertiary/aromatic N) is 2. The number of halogens is 1. The van der Waals surface area contributed by atoms with Crippen LogP contribution >= 0.6 is 0 Å². The van der Waals surface area contributed by atoms with Gasteiger partial charge in [-0.1, -0.05) is 24.3 Å². The van der Waals surface area contributed by atoms with Gasteiger partial charge in [0.05, 0.1) is 24.9 Å². The molecule has 7 heteroatoms. The summed E-state index contributed by atoms with van der Waals surface area (Å²) >= 11 is 0. The number of methoxy groups -OCH3 is 1. The van der Waals surface area contributed by atoms with Gasteiger partial charge in [0, 0.05) is 19.4 Å². The highest BCUT2D eigenvalue weighted by Gasteiger charge is 2.24. The van der Waals surface area contributed by atoms with Gasteiger partial charge < -0.3 is 14.5 Å². The topological polar surface area (TPSA) is 67.6 Å². The highest BCUT2D eigenvalue weighted by Crippen LogP contribution is 2.27. The average Bonchev–Trinajstić information content (AvgIpc) is 3.51. The molecule has 1 atom stereocenters. The second-order valence-corrected chi connectivity index (χ2v) is 7.94. The first-order valence-electron chi connectivity index (χ1n) is 11.0. The second kappa shape index (κ2) is 10.4. The first-order chi connectivity index (χ1) is 15.6. The number of oxazole rings is 1. The van der Waals surface area contributed by atoms with Crippen LogP contribution in [0.15, 0.2) is 59.1 Å². The monoisotopic (exact) mass is 437 g/mol. The fourth-order valence-electron chi connectivity index (χ4n) is 4.09. The number of rotatable bonds is 9. The van der Waals surface area contributed by atoms with Crippen LogP contribution in [-0.2, 0) is 11.2 Å². The van der Waals surface area contributed by atoms with E-state index in [-0.39, 0.29) is 24.2 Å². The fourth-order valence-corrected chi connectivity index (χ4v) is 4.09. The molecule has 0 bridgehead atoms. The largest absolute Gasteiger partial charge is 0.497 e. The van der Waals surface area contributed by atoms with Gasteiger partial charge in [-0.3, -0.25) is 9.69 Å². The lowest BCUT2D eigenvalue weighted by Crippen LogP contribution is -2.36. The Balaban J connectivity index is 1.34. The van der Waals surface area contributed by atoms with Gasteiger partial charge in [0.1, 0.15) is 11.6 Å². The summed E-state index contributed by atoms with van der Waals surface area (Å²) in [6.45, 7) is 2.57. The molecule has 3 aromatic rings. The molecule has 32 heavy (non-hydrogen) atoms. The lowest BCUT2D eigenvalue weighted by molar-refractivity contribution is -0.121. The lowest BCUT2D eigenvalue weighted by atomic mass is 10.0. The summed E-state index contributed by atoms with van der Waals surface area (Å²) in [6, 6.07) is 14.5. The molecule has 0 saturated carbocycles. The maximum absolute atomic E-state index is 13.9. The Labute approximate surface area is 187 Å². The van der Waals surface area contributed by atoms with E-state index in [2.05, 4.69) is 21.3 Å². The Morgan fingerprint density at radius 3 is 2.81 bits per heavy atom. The Hall–Kier alpha value is -3.19. The molecule has 1 aromatic heterocycles. The minimum absolute atomic E-state index is 0.0669. The first kappa shape index (κ1) is 22.0. The molecule has 1 saturated heterocycles. The summed E-state index contributed by atoms with van der Waals surface area (Å²) in [5, 5.41) is 3.06. The SMILES string of the molecule is COc1cccc(C(CNC(=O)CCc2ncc(-c3ccccc3F)o2)N2CCCC2)c1. The minimum Gasteiger partial charge on any atom is -0.497 e. The van der Waals surface area contributed by atoms with Gasteiger partial charge in [0.2, 0.25) is 5.91 Å². The van der Waals surface area contributed by atoms with E-state index in [0.29, 0.717) is 30.2 Å². The van der Waals surface area contributed by atoms with Crippen LogP contribution in [0.5, 0.6) is 5.75 Å². The molecule has 1 unspecified atom stereocenters. The smallest absolute Gasteiger partial charge is 0.220 e. The summed E-state index contributed by atoms with van der Waals surface area (Å²) in [6.07, 6.45) is 4.44. The van der Waals surface area contributed by atoms with Gasteiger partial charge in [-0.25, -0.2) is 9.37 Å². The van der Waals surface area contributed by atoms with Crippen LogP contribution in [0.1, 0.15) is 36.8 Å². The van der Waals surface area contributed by atoms with Gasteiger partial charge in [-0.05, 0) is 55.8 Å². The van der Waals surface area contributed by atoms with Gasteiger partial charge in [-0.2, -0.15) is 0 Å². The zero-order valence-electron chi connectivity index (χ0n) is 18.2. The van der Waals surface area contributed by atoms with Crippen LogP contribution < -0.4 is 10.1 Å². The summed E-state index contributed by atoms with van der Waals surface area (Å²) in [5.41, 5.74) is 1.50. The highest BCUT2D eigenvalue weighted by atomic mass is 19.1. The number of hydrogen-bond donors (Lipinski definition) is 1. The van der Waals surface area contributed by atoms with E-state index in [9.17, 15) is 9.18 Å². The first-order valence-corrected chi connectivity index (χ1v) is 11.0. The molecular formula is C25H28FN3O3. The third-order valence-electron chi connectivity index (χ3n) is 5.81. The third kappa shape index (κ3) is 5.34. The molecule has 1 N–H and O–H groups in total. The Kier molecular flexibility index (Phi) is 7.17. The van der Waals surface area contributed by atoms with Crippen LogP contribution in [0.2, 0.25) is 0 Å². The summed E-state index contributed by atoms with van der Waals surface area (Å²) < 4.78 is 25.0. The summed E-state index contributed by atoms with van der Waals surface area (Å²) in [7, 11) is 1.66. The molecule has 0 radical (unpaired) electrons. The number of carbonyl (C=O) groups excluding carboxylic acids is 1. The second-order valence-electron chi connectivity index (χ2n) is 7.94. The minimum atomic E-state index is -0.363. The number of carbonyl (C=O) groups is 1. The summed E-state index contributed by atoms with van der Waals surface area (Å²) in [4.78, 5) is 19.1. The number of nitrogens with one attached hydrogen (secondary N) is 1. The van der Waals surface area contributed by atoms with Gasteiger partial charge in [0.15, 0.2) is 11.7 Å². The molecule has 1 aliphatic heterocycles. The fraction of sp³-hybridized carbons (Fsp3) is 0.360. The number of aryl methyl sites for hydroxylation is 1. The molecule has 0 aliphatic carbocycles. The molecule has 1 aliphatic rings. The van der Waals surface area contributed by atoms with Crippen molar-refractivity contribution in [1.82, 2.24) is 15.2 Å². The number of aromatic nitrogens is 1. The van der Waals surface area contributed by atoms with Crippen LogP contribution in [0.4, 0.5) is 4.39 Å². The van der Waals surface area contributed by atoms with Crippen LogP contribution in [0.25, 0.3) is 11.3 Å².